The number of nitrogens with one attached hydrogen (secondary N) is 1. The molecule has 0 aliphatic carbocycles. The number of hydrogen-bond acceptors (Lipinski definition) is 3. The molecule has 0 bridgehead atoms. The van der Waals surface area contributed by atoms with Crippen molar-refractivity contribution in [1.29, 1.82) is 0 Å². The molecular formula is C15H30N2O. The van der Waals surface area contributed by atoms with Crippen LogP contribution >= 0.6 is 0 Å². The lowest BCUT2D eigenvalue weighted by Gasteiger charge is -2.37. The third-order valence-electron chi connectivity index (χ3n) is 4.21. The SMILES string of the molecule is CC(C)CC1CNCCN1CCCC1CCCO1. The van der Waals surface area contributed by atoms with E-state index >= 15 is 0 Å². The molecule has 0 aromatic rings. The van der Waals surface area contributed by atoms with Crippen LogP contribution in [0.15, 0.2) is 0 Å². The molecule has 0 aromatic heterocycles. The fourth-order valence-corrected chi connectivity index (χ4v) is 3.27. The first-order valence-corrected chi connectivity index (χ1v) is 7.82. The van der Waals surface area contributed by atoms with E-state index in [0.717, 1.165) is 25.1 Å². The molecule has 3 nitrogen and oxygen atoms in total. The van der Waals surface area contributed by atoms with Crippen molar-refractivity contribution in [2.75, 3.05) is 32.8 Å². The summed E-state index contributed by atoms with van der Waals surface area (Å²) in [5, 5.41) is 3.54. The van der Waals surface area contributed by atoms with Gasteiger partial charge in [-0.25, -0.2) is 0 Å². The number of hydrogen-bond donors (Lipinski definition) is 1. The Kier molecular flexibility index (Phi) is 5.93. The highest BCUT2D eigenvalue weighted by Gasteiger charge is 2.23. The van der Waals surface area contributed by atoms with E-state index in [2.05, 4.69) is 24.1 Å². The highest BCUT2D eigenvalue weighted by molar-refractivity contribution is 4.81. The first-order chi connectivity index (χ1) is 8.75. The van der Waals surface area contributed by atoms with Gasteiger partial charge in [0, 0.05) is 32.3 Å². The van der Waals surface area contributed by atoms with Crippen LogP contribution in [0.5, 0.6) is 0 Å². The van der Waals surface area contributed by atoms with Gasteiger partial charge in [0.15, 0.2) is 0 Å². The molecule has 2 fully saturated rings. The van der Waals surface area contributed by atoms with Crippen LogP contribution in [0.2, 0.25) is 0 Å². The Morgan fingerprint density at radius 2 is 2.28 bits per heavy atom. The minimum atomic E-state index is 0.566. The Morgan fingerprint density at radius 3 is 3.00 bits per heavy atom. The number of ether oxygens (including phenoxy) is 1. The van der Waals surface area contributed by atoms with Gasteiger partial charge in [-0.1, -0.05) is 13.8 Å². The Bertz CT molecular complexity index is 227. The summed E-state index contributed by atoms with van der Waals surface area (Å²) in [6, 6.07) is 0.753. The zero-order valence-corrected chi connectivity index (χ0v) is 12.2. The van der Waals surface area contributed by atoms with Gasteiger partial charge in [-0.3, -0.25) is 4.90 Å². The lowest BCUT2D eigenvalue weighted by atomic mass is 10.00. The Morgan fingerprint density at radius 1 is 1.39 bits per heavy atom. The van der Waals surface area contributed by atoms with Crippen LogP contribution in [0.3, 0.4) is 0 Å². The largest absolute Gasteiger partial charge is 0.378 e. The fourth-order valence-electron chi connectivity index (χ4n) is 3.27. The average molecular weight is 254 g/mol. The summed E-state index contributed by atoms with van der Waals surface area (Å²) in [6.45, 7) is 10.5. The van der Waals surface area contributed by atoms with E-state index in [9.17, 15) is 0 Å². The van der Waals surface area contributed by atoms with Gasteiger partial charge in [-0.2, -0.15) is 0 Å². The lowest BCUT2D eigenvalue weighted by molar-refractivity contribution is 0.0904. The zero-order chi connectivity index (χ0) is 12.8. The summed E-state index contributed by atoms with van der Waals surface area (Å²) >= 11 is 0. The lowest BCUT2D eigenvalue weighted by Crippen LogP contribution is -2.51. The van der Waals surface area contributed by atoms with Crippen LogP contribution in [0.4, 0.5) is 0 Å². The van der Waals surface area contributed by atoms with Gasteiger partial charge in [-0.15, -0.1) is 0 Å². The van der Waals surface area contributed by atoms with Gasteiger partial charge in [0.25, 0.3) is 0 Å². The third-order valence-corrected chi connectivity index (χ3v) is 4.21. The van der Waals surface area contributed by atoms with Gasteiger partial charge in [0.2, 0.25) is 0 Å². The summed E-state index contributed by atoms with van der Waals surface area (Å²) in [5.41, 5.74) is 0. The highest BCUT2D eigenvalue weighted by Crippen LogP contribution is 2.19. The molecule has 106 valence electrons. The van der Waals surface area contributed by atoms with Gasteiger partial charge in [0.05, 0.1) is 6.10 Å². The predicted octanol–water partition coefficient (Wildman–Crippen LogP) is 2.27. The molecule has 3 heteroatoms. The highest BCUT2D eigenvalue weighted by atomic mass is 16.5. The standard InChI is InChI=1S/C15H30N2O/c1-13(2)11-14-12-16-7-9-17(14)8-3-5-15-6-4-10-18-15/h13-16H,3-12H2,1-2H3. The van der Waals surface area contributed by atoms with Crippen LogP contribution < -0.4 is 5.32 Å². The predicted molar refractivity (Wildman–Crippen MR) is 75.9 cm³/mol. The third kappa shape index (κ3) is 4.52. The van der Waals surface area contributed by atoms with Crippen molar-refractivity contribution >= 4 is 0 Å². The molecule has 0 saturated carbocycles. The second kappa shape index (κ2) is 7.46. The molecule has 2 heterocycles. The molecule has 0 radical (unpaired) electrons. The second-order valence-electron chi connectivity index (χ2n) is 6.30. The smallest absolute Gasteiger partial charge is 0.0576 e. The number of rotatable bonds is 6. The van der Waals surface area contributed by atoms with Gasteiger partial charge in [0.1, 0.15) is 0 Å². The van der Waals surface area contributed by atoms with Crippen LogP contribution in [-0.4, -0.2) is 49.8 Å². The summed E-state index contributed by atoms with van der Waals surface area (Å²) in [6.07, 6.45) is 7.02. The summed E-state index contributed by atoms with van der Waals surface area (Å²) in [4.78, 5) is 2.70. The molecule has 18 heavy (non-hydrogen) atoms. The molecule has 0 amide bonds. The Hall–Kier alpha value is -0.120. The maximum Gasteiger partial charge on any atom is 0.0576 e. The van der Waals surface area contributed by atoms with E-state index in [0.29, 0.717) is 6.10 Å². The molecule has 1 N–H and O–H groups in total. The first kappa shape index (κ1) is 14.3. The number of nitrogens with zero attached hydrogens (tertiary/aromatic N) is 1. The zero-order valence-electron chi connectivity index (χ0n) is 12.2. The van der Waals surface area contributed by atoms with E-state index in [4.69, 9.17) is 4.74 Å². The number of piperazine rings is 1. The topological polar surface area (TPSA) is 24.5 Å². The van der Waals surface area contributed by atoms with E-state index < -0.39 is 0 Å². The van der Waals surface area contributed by atoms with Crippen molar-refractivity contribution in [3.8, 4) is 0 Å². The van der Waals surface area contributed by atoms with E-state index in [-0.39, 0.29) is 0 Å². The molecule has 2 aliphatic rings. The molecule has 0 spiro atoms. The molecule has 2 saturated heterocycles. The monoisotopic (exact) mass is 254 g/mol. The second-order valence-corrected chi connectivity index (χ2v) is 6.30. The molecular weight excluding hydrogens is 224 g/mol. The summed E-state index contributed by atoms with van der Waals surface area (Å²) < 4.78 is 5.70. The minimum Gasteiger partial charge on any atom is -0.378 e. The van der Waals surface area contributed by atoms with Crippen LogP contribution in [-0.2, 0) is 4.74 Å². The van der Waals surface area contributed by atoms with Crippen molar-refractivity contribution in [2.24, 2.45) is 5.92 Å². The average Bonchev–Trinajstić information content (AvgIpc) is 2.84. The first-order valence-electron chi connectivity index (χ1n) is 7.82. The van der Waals surface area contributed by atoms with E-state index in [1.165, 1.54) is 51.7 Å². The van der Waals surface area contributed by atoms with Crippen molar-refractivity contribution in [1.82, 2.24) is 10.2 Å². The quantitative estimate of drug-likeness (QED) is 0.787. The van der Waals surface area contributed by atoms with Crippen molar-refractivity contribution in [3.63, 3.8) is 0 Å². The molecule has 2 aliphatic heterocycles. The Balaban J connectivity index is 1.67. The minimum absolute atomic E-state index is 0.566. The van der Waals surface area contributed by atoms with Crippen LogP contribution in [0.1, 0.15) is 46.0 Å². The maximum absolute atomic E-state index is 5.70. The van der Waals surface area contributed by atoms with E-state index in [1.807, 2.05) is 0 Å². The van der Waals surface area contributed by atoms with Gasteiger partial charge < -0.3 is 10.1 Å². The summed E-state index contributed by atoms with van der Waals surface area (Å²) in [7, 11) is 0. The van der Waals surface area contributed by atoms with Gasteiger partial charge in [-0.05, 0) is 44.6 Å². The fraction of sp³-hybridized carbons (Fsp3) is 1.00. The molecule has 0 aromatic carbocycles. The van der Waals surface area contributed by atoms with E-state index in [1.54, 1.807) is 0 Å². The Labute approximate surface area is 112 Å². The van der Waals surface area contributed by atoms with Crippen LogP contribution in [0.25, 0.3) is 0 Å². The van der Waals surface area contributed by atoms with Crippen LogP contribution in [0, 0.1) is 5.92 Å². The normalized spacial score (nSPS) is 30.2. The summed E-state index contributed by atoms with van der Waals surface area (Å²) in [5.74, 6) is 0.801. The van der Waals surface area contributed by atoms with Crippen molar-refractivity contribution in [3.05, 3.63) is 0 Å². The maximum atomic E-state index is 5.70. The molecule has 2 atom stereocenters. The van der Waals surface area contributed by atoms with Crippen molar-refractivity contribution < 1.29 is 4.74 Å². The molecule has 2 unspecified atom stereocenters. The molecule has 2 rings (SSSR count). The van der Waals surface area contributed by atoms with Crippen molar-refractivity contribution in [2.45, 2.75) is 58.1 Å². The van der Waals surface area contributed by atoms with Gasteiger partial charge >= 0.3 is 0 Å².